The number of aromatic nitrogens is 2. The first-order valence-electron chi connectivity index (χ1n) is 6.85. The van der Waals surface area contributed by atoms with E-state index in [2.05, 4.69) is 25.9 Å². The van der Waals surface area contributed by atoms with Crippen LogP contribution < -0.4 is 5.56 Å². The van der Waals surface area contributed by atoms with Crippen LogP contribution >= 0.6 is 27.5 Å². The van der Waals surface area contributed by atoms with Gasteiger partial charge in [-0.15, -0.1) is 0 Å². The molecule has 0 bridgehead atoms. The summed E-state index contributed by atoms with van der Waals surface area (Å²) in [6.07, 6.45) is 4.03. The predicted octanol–water partition coefficient (Wildman–Crippen LogP) is 4.22. The number of nitrogens with zero attached hydrogens (tertiary/aromatic N) is 1. The molecule has 0 amide bonds. The highest BCUT2D eigenvalue weighted by Crippen LogP contribution is 2.36. The Balaban J connectivity index is 2.07. The number of hydrogen-bond acceptors (Lipinski definition) is 3. The zero-order valence-corrected chi connectivity index (χ0v) is 13.5. The SMILES string of the molecule is O=c1[nH]c(-c2ccc(Br)cc2Cl)nc(O)c1C1CCCC1. The Hall–Kier alpha value is -1.33. The average Bonchev–Trinajstić information content (AvgIpc) is 2.91. The smallest absolute Gasteiger partial charge is 0.258 e. The predicted molar refractivity (Wildman–Crippen MR) is 85.9 cm³/mol. The van der Waals surface area contributed by atoms with Crippen molar-refractivity contribution in [2.24, 2.45) is 0 Å². The summed E-state index contributed by atoms with van der Waals surface area (Å²) in [5, 5.41) is 10.6. The fraction of sp³-hybridized carbons (Fsp3) is 0.333. The van der Waals surface area contributed by atoms with Gasteiger partial charge in [-0.1, -0.05) is 40.4 Å². The Morgan fingerprint density at radius 2 is 2.05 bits per heavy atom. The van der Waals surface area contributed by atoms with Gasteiger partial charge in [-0.3, -0.25) is 4.79 Å². The van der Waals surface area contributed by atoms with Crippen molar-refractivity contribution in [2.45, 2.75) is 31.6 Å². The zero-order chi connectivity index (χ0) is 15.0. The van der Waals surface area contributed by atoms with E-state index >= 15 is 0 Å². The molecule has 1 aliphatic rings. The van der Waals surface area contributed by atoms with Crippen molar-refractivity contribution in [1.82, 2.24) is 9.97 Å². The number of benzene rings is 1. The second-order valence-electron chi connectivity index (χ2n) is 5.26. The molecule has 1 aromatic heterocycles. The molecule has 6 heteroatoms. The minimum Gasteiger partial charge on any atom is -0.493 e. The second kappa shape index (κ2) is 5.81. The van der Waals surface area contributed by atoms with Crippen LogP contribution in [0, 0.1) is 0 Å². The Morgan fingerprint density at radius 1 is 1.33 bits per heavy atom. The van der Waals surface area contributed by atoms with Gasteiger partial charge in [0.15, 0.2) is 0 Å². The van der Waals surface area contributed by atoms with Gasteiger partial charge in [-0.25, -0.2) is 0 Å². The molecule has 1 aromatic carbocycles. The molecule has 4 nitrogen and oxygen atoms in total. The van der Waals surface area contributed by atoms with Crippen molar-refractivity contribution in [3.8, 4) is 17.3 Å². The summed E-state index contributed by atoms with van der Waals surface area (Å²) in [4.78, 5) is 19.2. The molecule has 0 aliphatic heterocycles. The molecular weight excluding hydrogens is 356 g/mol. The van der Waals surface area contributed by atoms with Gasteiger partial charge in [0, 0.05) is 10.0 Å². The fourth-order valence-electron chi connectivity index (χ4n) is 2.86. The minimum atomic E-state index is -0.275. The Bertz CT molecular complexity index is 739. The topological polar surface area (TPSA) is 66.0 Å². The lowest BCUT2D eigenvalue weighted by atomic mass is 10.00. The first-order valence-corrected chi connectivity index (χ1v) is 8.02. The van der Waals surface area contributed by atoms with Gasteiger partial charge in [0.25, 0.3) is 5.56 Å². The van der Waals surface area contributed by atoms with Gasteiger partial charge >= 0.3 is 0 Å². The Labute approximate surface area is 135 Å². The maximum Gasteiger partial charge on any atom is 0.258 e. The highest BCUT2D eigenvalue weighted by atomic mass is 79.9. The molecule has 1 saturated carbocycles. The third kappa shape index (κ3) is 2.85. The number of aromatic hydroxyl groups is 1. The summed E-state index contributed by atoms with van der Waals surface area (Å²) < 4.78 is 0.838. The van der Waals surface area contributed by atoms with Crippen molar-refractivity contribution in [2.75, 3.05) is 0 Å². The monoisotopic (exact) mass is 368 g/mol. The van der Waals surface area contributed by atoms with Crippen molar-refractivity contribution >= 4 is 27.5 Å². The molecule has 0 spiro atoms. The normalized spacial score (nSPS) is 15.5. The Kier molecular flexibility index (Phi) is 4.04. The van der Waals surface area contributed by atoms with Crippen LogP contribution in [0.15, 0.2) is 27.5 Å². The van der Waals surface area contributed by atoms with E-state index in [1.54, 1.807) is 12.1 Å². The fourth-order valence-corrected chi connectivity index (χ4v) is 3.62. The second-order valence-corrected chi connectivity index (χ2v) is 6.58. The molecule has 2 aromatic rings. The van der Waals surface area contributed by atoms with Gasteiger partial charge in [0.2, 0.25) is 5.88 Å². The van der Waals surface area contributed by atoms with E-state index in [1.165, 1.54) is 0 Å². The van der Waals surface area contributed by atoms with Crippen LogP contribution in [-0.4, -0.2) is 15.1 Å². The van der Waals surface area contributed by atoms with Gasteiger partial charge < -0.3 is 10.1 Å². The third-order valence-electron chi connectivity index (χ3n) is 3.88. The van der Waals surface area contributed by atoms with Crippen LogP contribution in [0.2, 0.25) is 5.02 Å². The molecule has 21 heavy (non-hydrogen) atoms. The largest absolute Gasteiger partial charge is 0.493 e. The number of rotatable bonds is 2. The van der Waals surface area contributed by atoms with Crippen molar-refractivity contribution in [1.29, 1.82) is 0 Å². The number of aromatic amines is 1. The van der Waals surface area contributed by atoms with Crippen molar-refractivity contribution in [3.05, 3.63) is 43.6 Å². The van der Waals surface area contributed by atoms with Gasteiger partial charge in [-0.2, -0.15) is 4.98 Å². The minimum absolute atomic E-state index is 0.107. The molecule has 0 saturated heterocycles. The molecule has 1 aliphatic carbocycles. The third-order valence-corrected chi connectivity index (χ3v) is 4.69. The van der Waals surface area contributed by atoms with E-state index in [9.17, 15) is 9.90 Å². The lowest BCUT2D eigenvalue weighted by Gasteiger charge is -2.11. The lowest BCUT2D eigenvalue weighted by molar-refractivity contribution is 0.436. The van der Waals surface area contributed by atoms with Crippen molar-refractivity contribution < 1.29 is 5.11 Å². The van der Waals surface area contributed by atoms with Gasteiger partial charge in [0.05, 0.1) is 10.6 Å². The van der Waals surface area contributed by atoms with Crippen LogP contribution in [-0.2, 0) is 0 Å². The molecule has 3 rings (SSSR count). The van der Waals surface area contributed by atoms with Crippen LogP contribution in [0.25, 0.3) is 11.4 Å². The quantitative estimate of drug-likeness (QED) is 0.833. The van der Waals surface area contributed by atoms with E-state index in [4.69, 9.17) is 11.6 Å². The molecular formula is C15H14BrClN2O2. The van der Waals surface area contributed by atoms with E-state index < -0.39 is 0 Å². The molecule has 1 fully saturated rings. The molecule has 0 radical (unpaired) electrons. The molecule has 110 valence electrons. The summed E-state index contributed by atoms with van der Waals surface area (Å²) in [6.45, 7) is 0. The van der Waals surface area contributed by atoms with Crippen LogP contribution in [0.3, 0.4) is 0 Å². The molecule has 1 heterocycles. The summed E-state index contributed by atoms with van der Waals surface area (Å²) in [6, 6.07) is 5.28. The highest BCUT2D eigenvalue weighted by molar-refractivity contribution is 9.10. The number of H-pyrrole nitrogens is 1. The van der Waals surface area contributed by atoms with E-state index in [0.717, 1.165) is 30.2 Å². The van der Waals surface area contributed by atoms with E-state index in [1.807, 2.05) is 6.07 Å². The van der Waals surface area contributed by atoms with E-state index in [0.29, 0.717) is 16.1 Å². The molecule has 0 atom stereocenters. The zero-order valence-electron chi connectivity index (χ0n) is 11.2. The lowest BCUT2D eigenvalue weighted by Crippen LogP contribution is -2.17. The van der Waals surface area contributed by atoms with Crippen LogP contribution in [0.1, 0.15) is 37.2 Å². The number of nitrogens with one attached hydrogen (secondary N) is 1. The summed E-state index contributed by atoms with van der Waals surface area (Å²) >= 11 is 9.49. The van der Waals surface area contributed by atoms with E-state index in [-0.39, 0.29) is 23.2 Å². The average molecular weight is 370 g/mol. The molecule has 2 N–H and O–H groups in total. The van der Waals surface area contributed by atoms with Gasteiger partial charge in [0.1, 0.15) is 5.82 Å². The summed E-state index contributed by atoms with van der Waals surface area (Å²) in [5.74, 6) is 0.215. The maximum atomic E-state index is 12.3. The van der Waals surface area contributed by atoms with Crippen molar-refractivity contribution in [3.63, 3.8) is 0 Å². The maximum absolute atomic E-state index is 12.3. The van der Waals surface area contributed by atoms with Gasteiger partial charge in [-0.05, 0) is 37.0 Å². The van der Waals surface area contributed by atoms with Crippen LogP contribution in [0.4, 0.5) is 0 Å². The van der Waals surface area contributed by atoms with Crippen LogP contribution in [0.5, 0.6) is 5.88 Å². The first-order chi connectivity index (χ1) is 10.1. The highest BCUT2D eigenvalue weighted by Gasteiger charge is 2.25. The standard InChI is InChI=1S/C15H14BrClN2O2/c16-9-5-6-10(11(17)7-9)13-18-14(20)12(15(21)19-13)8-3-1-2-4-8/h5-8H,1-4H2,(H2,18,19,20,21). The summed E-state index contributed by atoms with van der Waals surface area (Å²) in [5.41, 5.74) is 0.720. The number of halogens is 2. The number of hydrogen-bond donors (Lipinski definition) is 2. The Morgan fingerprint density at radius 3 is 2.67 bits per heavy atom. The molecule has 0 unspecified atom stereocenters. The summed E-state index contributed by atoms with van der Waals surface area (Å²) in [7, 11) is 0. The first kappa shape index (κ1) is 14.6.